The molecule has 0 saturated carbocycles. The SMILES string of the molecule is CC1(C)OB(c2cc(-c3ccccc3F)c(F)cc2C#N)OC1(C)C. The van der Waals surface area contributed by atoms with E-state index in [4.69, 9.17) is 9.31 Å². The molecule has 3 nitrogen and oxygen atoms in total. The summed E-state index contributed by atoms with van der Waals surface area (Å²) in [7, 11) is -0.828. The van der Waals surface area contributed by atoms with E-state index in [9.17, 15) is 14.0 Å². The third kappa shape index (κ3) is 2.94. The maximum absolute atomic E-state index is 14.5. The Morgan fingerprint density at radius 1 is 0.920 bits per heavy atom. The molecule has 25 heavy (non-hydrogen) atoms. The Balaban J connectivity index is 2.14. The predicted octanol–water partition coefficient (Wildman–Crippen LogP) is 3.80. The van der Waals surface area contributed by atoms with E-state index in [-0.39, 0.29) is 16.7 Å². The van der Waals surface area contributed by atoms with Crippen LogP contribution in [0.2, 0.25) is 0 Å². The van der Waals surface area contributed by atoms with Gasteiger partial charge in [-0.3, -0.25) is 0 Å². The molecule has 3 rings (SSSR count). The van der Waals surface area contributed by atoms with Gasteiger partial charge in [-0.15, -0.1) is 0 Å². The van der Waals surface area contributed by atoms with Crippen molar-refractivity contribution in [2.45, 2.75) is 38.9 Å². The number of benzene rings is 2. The van der Waals surface area contributed by atoms with Crippen LogP contribution in [0.25, 0.3) is 11.1 Å². The molecule has 0 spiro atoms. The van der Waals surface area contributed by atoms with E-state index in [1.165, 1.54) is 24.3 Å². The second kappa shape index (κ2) is 5.94. The first-order chi connectivity index (χ1) is 11.7. The minimum absolute atomic E-state index is 0.0711. The summed E-state index contributed by atoms with van der Waals surface area (Å²) in [5.41, 5.74) is -0.505. The summed E-state index contributed by atoms with van der Waals surface area (Å²) in [5.74, 6) is -1.20. The molecule has 1 aliphatic rings. The van der Waals surface area contributed by atoms with Crippen LogP contribution in [0.5, 0.6) is 0 Å². The summed E-state index contributed by atoms with van der Waals surface area (Å²) in [6, 6.07) is 10.4. The number of nitrogens with zero attached hydrogens (tertiary/aromatic N) is 1. The van der Waals surface area contributed by atoms with E-state index >= 15 is 0 Å². The molecule has 0 unspecified atom stereocenters. The largest absolute Gasteiger partial charge is 0.496 e. The Bertz CT molecular complexity index is 858. The Kier molecular flexibility index (Phi) is 4.18. The maximum atomic E-state index is 14.5. The molecule has 0 bridgehead atoms. The standard InChI is InChI=1S/C19H18BF2NO2/c1-18(2)19(3,4)25-20(24-18)15-10-14(17(22)9-12(15)11-23)13-7-5-6-8-16(13)21/h5-10H,1-4H3. The van der Waals surface area contributed by atoms with E-state index < -0.39 is 30.0 Å². The van der Waals surface area contributed by atoms with Gasteiger partial charge in [0, 0.05) is 16.6 Å². The molecular formula is C19H18BF2NO2. The topological polar surface area (TPSA) is 42.2 Å². The Morgan fingerprint density at radius 2 is 1.52 bits per heavy atom. The molecule has 0 atom stereocenters. The summed E-state index contributed by atoms with van der Waals surface area (Å²) < 4.78 is 40.5. The maximum Gasteiger partial charge on any atom is 0.496 e. The van der Waals surface area contributed by atoms with Gasteiger partial charge in [-0.25, -0.2) is 8.78 Å². The van der Waals surface area contributed by atoms with Crippen LogP contribution in [0.15, 0.2) is 36.4 Å². The lowest BCUT2D eigenvalue weighted by molar-refractivity contribution is 0.00578. The van der Waals surface area contributed by atoms with Gasteiger partial charge in [-0.05, 0) is 39.8 Å². The molecule has 1 fully saturated rings. The van der Waals surface area contributed by atoms with Crippen LogP contribution in [0, 0.1) is 23.0 Å². The highest BCUT2D eigenvalue weighted by Gasteiger charge is 2.52. The fraction of sp³-hybridized carbons (Fsp3) is 0.316. The van der Waals surface area contributed by atoms with Crippen molar-refractivity contribution in [1.82, 2.24) is 0 Å². The van der Waals surface area contributed by atoms with Gasteiger partial charge >= 0.3 is 7.12 Å². The number of rotatable bonds is 2. The predicted molar refractivity (Wildman–Crippen MR) is 92.2 cm³/mol. The van der Waals surface area contributed by atoms with E-state index in [2.05, 4.69) is 0 Å². The first-order valence-electron chi connectivity index (χ1n) is 8.00. The van der Waals surface area contributed by atoms with Crippen molar-refractivity contribution in [2.24, 2.45) is 0 Å². The van der Waals surface area contributed by atoms with Crippen molar-refractivity contribution in [2.75, 3.05) is 0 Å². The van der Waals surface area contributed by atoms with E-state index in [0.29, 0.717) is 5.46 Å². The van der Waals surface area contributed by atoms with Gasteiger partial charge in [0.15, 0.2) is 0 Å². The molecule has 2 aromatic carbocycles. The summed E-state index contributed by atoms with van der Waals surface area (Å²) in [5, 5.41) is 9.38. The molecule has 0 aromatic heterocycles. The minimum Gasteiger partial charge on any atom is -0.399 e. The average Bonchev–Trinajstić information content (AvgIpc) is 2.75. The van der Waals surface area contributed by atoms with Crippen molar-refractivity contribution in [1.29, 1.82) is 5.26 Å². The monoisotopic (exact) mass is 341 g/mol. The molecular weight excluding hydrogens is 323 g/mol. The van der Waals surface area contributed by atoms with Crippen molar-refractivity contribution < 1.29 is 18.1 Å². The van der Waals surface area contributed by atoms with Crippen LogP contribution in [-0.4, -0.2) is 18.3 Å². The summed E-state index contributed by atoms with van der Waals surface area (Å²) >= 11 is 0. The second-order valence-electron chi connectivity index (χ2n) is 7.10. The number of hydrogen-bond acceptors (Lipinski definition) is 3. The summed E-state index contributed by atoms with van der Waals surface area (Å²) in [6.45, 7) is 7.56. The minimum atomic E-state index is -0.828. The summed E-state index contributed by atoms with van der Waals surface area (Å²) in [6.07, 6.45) is 0. The van der Waals surface area contributed by atoms with Gasteiger partial charge in [0.2, 0.25) is 0 Å². The van der Waals surface area contributed by atoms with Gasteiger partial charge in [-0.2, -0.15) is 5.26 Å². The fourth-order valence-corrected chi connectivity index (χ4v) is 2.74. The van der Waals surface area contributed by atoms with Gasteiger partial charge in [-0.1, -0.05) is 24.3 Å². The molecule has 1 aliphatic heterocycles. The molecule has 0 radical (unpaired) electrons. The van der Waals surface area contributed by atoms with Crippen LogP contribution in [-0.2, 0) is 9.31 Å². The first-order valence-corrected chi connectivity index (χ1v) is 8.00. The van der Waals surface area contributed by atoms with Crippen molar-refractivity contribution in [3.8, 4) is 17.2 Å². The zero-order chi connectivity index (χ0) is 18.4. The average molecular weight is 341 g/mol. The van der Waals surface area contributed by atoms with E-state index in [1.54, 1.807) is 6.07 Å². The molecule has 2 aromatic rings. The molecule has 1 heterocycles. The highest BCUT2D eigenvalue weighted by atomic mass is 19.1. The van der Waals surface area contributed by atoms with Gasteiger partial charge in [0.05, 0.1) is 22.8 Å². The fourth-order valence-electron chi connectivity index (χ4n) is 2.74. The number of halogens is 2. The highest BCUT2D eigenvalue weighted by Crippen LogP contribution is 2.37. The van der Waals surface area contributed by atoms with Crippen LogP contribution in [0.1, 0.15) is 33.3 Å². The van der Waals surface area contributed by atoms with E-state index in [1.807, 2.05) is 33.8 Å². The smallest absolute Gasteiger partial charge is 0.399 e. The van der Waals surface area contributed by atoms with Crippen LogP contribution in [0.4, 0.5) is 8.78 Å². The number of hydrogen-bond donors (Lipinski definition) is 0. The highest BCUT2D eigenvalue weighted by molar-refractivity contribution is 6.63. The molecule has 1 saturated heterocycles. The van der Waals surface area contributed by atoms with Crippen LogP contribution in [0.3, 0.4) is 0 Å². The molecule has 0 amide bonds. The molecule has 0 aliphatic carbocycles. The zero-order valence-electron chi connectivity index (χ0n) is 14.6. The Labute approximate surface area is 146 Å². The molecule has 128 valence electrons. The Morgan fingerprint density at radius 3 is 2.08 bits per heavy atom. The van der Waals surface area contributed by atoms with Crippen LogP contribution >= 0.6 is 0 Å². The molecule has 6 heteroatoms. The second-order valence-corrected chi connectivity index (χ2v) is 7.10. The van der Waals surface area contributed by atoms with Crippen LogP contribution < -0.4 is 5.46 Å². The summed E-state index contributed by atoms with van der Waals surface area (Å²) in [4.78, 5) is 0. The lowest BCUT2D eigenvalue weighted by atomic mass is 9.75. The van der Waals surface area contributed by atoms with Crippen molar-refractivity contribution >= 4 is 12.6 Å². The number of nitriles is 1. The lowest BCUT2D eigenvalue weighted by Crippen LogP contribution is -2.41. The van der Waals surface area contributed by atoms with Crippen molar-refractivity contribution in [3.05, 3.63) is 53.6 Å². The van der Waals surface area contributed by atoms with Gasteiger partial charge in [0.25, 0.3) is 0 Å². The third-order valence-corrected chi connectivity index (χ3v) is 4.93. The zero-order valence-corrected chi connectivity index (χ0v) is 14.6. The quantitative estimate of drug-likeness (QED) is 0.781. The normalized spacial score (nSPS) is 18.2. The first kappa shape index (κ1) is 17.6. The van der Waals surface area contributed by atoms with Gasteiger partial charge < -0.3 is 9.31 Å². The lowest BCUT2D eigenvalue weighted by Gasteiger charge is -2.32. The van der Waals surface area contributed by atoms with Gasteiger partial charge in [0.1, 0.15) is 11.6 Å². The third-order valence-electron chi connectivity index (χ3n) is 4.93. The van der Waals surface area contributed by atoms with E-state index in [0.717, 1.165) is 6.07 Å². The van der Waals surface area contributed by atoms with Crippen molar-refractivity contribution in [3.63, 3.8) is 0 Å². The Hall–Kier alpha value is -2.23. The molecule has 0 N–H and O–H groups in total.